The number of benzene rings is 2. The van der Waals surface area contributed by atoms with E-state index in [1.807, 2.05) is 36.4 Å². The maximum absolute atomic E-state index is 12.7. The molecular weight excluding hydrogens is 396 g/mol. The fourth-order valence-corrected chi connectivity index (χ4v) is 4.18. The molecule has 0 radical (unpaired) electrons. The van der Waals surface area contributed by atoms with Crippen LogP contribution in [0, 0.1) is 0 Å². The molecule has 1 amide bonds. The Labute approximate surface area is 178 Å². The molecule has 0 unspecified atom stereocenters. The maximum atomic E-state index is 12.7. The monoisotopic (exact) mass is 420 g/mol. The van der Waals surface area contributed by atoms with Crippen LogP contribution in [0.4, 0.5) is 5.69 Å². The Bertz CT molecular complexity index is 1260. The van der Waals surface area contributed by atoms with E-state index in [1.165, 1.54) is 21.9 Å². The predicted molar refractivity (Wildman–Crippen MR) is 123 cm³/mol. The fraction of sp³-hybridized carbons (Fsp3) is 0.261. The molecule has 2 heterocycles. The molecular formula is C23H24N4O2S. The number of aromatic amines is 1. The largest absolute Gasteiger partial charge is 0.349 e. The number of anilines is 1. The predicted octanol–water partition coefficient (Wildman–Crippen LogP) is 4.49. The topological polar surface area (TPSA) is 79.8 Å². The molecule has 4 rings (SSSR count). The summed E-state index contributed by atoms with van der Waals surface area (Å²) in [5.74, 6) is 0.0423. The van der Waals surface area contributed by atoms with Crippen LogP contribution in [0.2, 0.25) is 0 Å². The molecule has 2 aromatic heterocycles. The van der Waals surface area contributed by atoms with Crippen LogP contribution in [0.5, 0.6) is 0 Å². The van der Waals surface area contributed by atoms with E-state index in [4.69, 9.17) is 0 Å². The third-order valence-electron chi connectivity index (χ3n) is 5.08. The number of aryl methyl sites for hydroxylation is 1. The minimum atomic E-state index is -0.151. The highest BCUT2D eigenvalue weighted by Crippen LogP contribution is 2.24. The van der Waals surface area contributed by atoms with Crippen LogP contribution in [0.15, 0.2) is 58.5 Å². The Balaban J connectivity index is 1.48. The molecule has 0 fully saturated rings. The number of aromatic nitrogens is 3. The van der Waals surface area contributed by atoms with Gasteiger partial charge in [0.25, 0.3) is 5.56 Å². The molecule has 154 valence electrons. The van der Waals surface area contributed by atoms with Crippen LogP contribution in [0.25, 0.3) is 21.9 Å². The number of thioether (sulfide) groups is 1. The van der Waals surface area contributed by atoms with E-state index >= 15 is 0 Å². The smallest absolute Gasteiger partial charge is 0.278 e. The molecule has 0 bridgehead atoms. The zero-order valence-electron chi connectivity index (χ0n) is 17.1. The van der Waals surface area contributed by atoms with Crippen molar-refractivity contribution in [2.75, 3.05) is 11.1 Å². The van der Waals surface area contributed by atoms with Gasteiger partial charge in [0.15, 0.2) is 5.16 Å². The van der Waals surface area contributed by atoms with Gasteiger partial charge in [-0.05, 0) is 36.6 Å². The zero-order valence-corrected chi connectivity index (χ0v) is 17.9. The van der Waals surface area contributed by atoms with Gasteiger partial charge >= 0.3 is 0 Å². The van der Waals surface area contributed by atoms with Crippen LogP contribution in [0.3, 0.4) is 0 Å². The third-order valence-corrected chi connectivity index (χ3v) is 6.11. The summed E-state index contributed by atoms with van der Waals surface area (Å²) < 4.78 is 1.48. The number of hydrogen-bond acceptors (Lipinski definition) is 4. The highest BCUT2D eigenvalue weighted by atomic mass is 32.2. The van der Waals surface area contributed by atoms with E-state index in [2.05, 4.69) is 34.3 Å². The molecule has 0 saturated carbocycles. The molecule has 0 atom stereocenters. The standard InChI is InChI=1S/C23H24N4O2S/c1-3-4-7-15-10-12-16(13-11-15)24-19(28)14-30-23-26-20-17-8-5-6-9-18(17)25-21(20)22(29)27(23)2/h5-6,8-13,25H,3-4,7,14H2,1-2H3,(H,24,28). The molecule has 0 saturated heterocycles. The molecule has 0 spiro atoms. The van der Waals surface area contributed by atoms with Crippen molar-refractivity contribution in [3.8, 4) is 0 Å². The summed E-state index contributed by atoms with van der Waals surface area (Å²) in [5, 5.41) is 4.33. The van der Waals surface area contributed by atoms with Gasteiger partial charge in [-0.2, -0.15) is 0 Å². The number of carbonyl (C=O) groups is 1. The molecule has 0 aliphatic rings. The second kappa shape index (κ2) is 8.75. The van der Waals surface area contributed by atoms with E-state index in [1.54, 1.807) is 7.05 Å². The summed E-state index contributed by atoms with van der Waals surface area (Å²) in [5.41, 5.74) is 3.89. The molecule has 0 aliphatic carbocycles. The first-order chi connectivity index (χ1) is 14.6. The summed E-state index contributed by atoms with van der Waals surface area (Å²) in [6.07, 6.45) is 3.38. The number of H-pyrrole nitrogens is 1. The Morgan fingerprint density at radius 2 is 1.93 bits per heavy atom. The quantitative estimate of drug-likeness (QED) is 0.341. The van der Waals surface area contributed by atoms with Crippen molar-refractivity contribution in [2.45, 2.75) is 31.3 Å². The second-order valence-corrected chi connectivity index (χ2v) is 8.23. The average Bonchev–Trinajstić information content (AvgIpc) is 3.13. The third kappa shape index (κ3) is 4.11. The fourth-order valence-electron chi connectivity index (χ4n) is 3.42. The summed E-state index contributed by atoms with van der Waals surface area (Å²) >= 11 is 1.26. The van der Waals surface area contributed by atoms with Crippen LogP contribution in [-0.2, 0) is 18.3 Å². The lowest BCUT2D eigenvalue weighted by molar-refractivity contribution is -0.113. The number of para-hydroxylation sites is 1. The van der Waals surface area contributed by atoms with Crippen molar-refractivity contribution in [3.05, 3.63) is 64.4 Å². The van der Waals surface area contributed by atoms with Gasteiger partial charge in [0.05, 0.1) is 5.75 Å². The van der Waals surface area contributed by atoms with Gasteiger partial charge < -0.3 is 10.3 Å². The summed E-state index contributed by atoms with van der Waals surface area (Å²) in [6, 6.07) is 15.7. The number of carbonyl (C=O) groups excluding carboxylic acids is 1. The summed E-state index contributed by atoms with van der Waals surface area (Å²) in [7, 11) is 1.68. The van der Waals surface area contributed by atoms with Gasteiger partial charge in [-0.15, -0.1) is 0 Å². The highest BCUT2D eigenvalue weighted by molar-refractivity contribution is 7.99. The van der Waals surface area contributed by atoms with Crippen LogP contribution < -0.4 is 10.9 Å². The van der Waals surface area contributed by atoms with Crippen molar-refractivity contribution in [1.82, 2.24) is 14.5 Å². The van der Waals surface area contributed by atoms with Gasteiger partial charge in [0, 0.05) is 23.6 Å². The Morgan fingerprint density at radius 1 is 1.17 bits per heavy atom. The van der Waals surface area contributed by atoms with Crippen LogP contribution in [-0.4, -0.2) is 26.2 Å². The van der Waals surface area contributed by atoms with Crippen molar-refractivity contribution in [1.29, 1.82) is 0 Å². The highest BCUT2D eigenvalue weighted by Gasteiger charge is 2.15. The number of amides is 1. The van der Waals surface area contributed by atoms with Gasteiger partial charge in [-0.25, -0.2) is 4.98 Å². The van der Waals surface area contributed by atoms with E-state index < -0.39 is 0 Å². The lowest BCUT2D eigenvalue weighted by atomic mass is 10.1. The van der Waals surface area contributed by atoms with Crippen molar-refractivity contribution < 1.29 is 4.79 Å². The molecule has 4 aromatic rings. The zero-order chi connectivity index (χ0) is 21.1. The molecule has 2 aromatic carbocycles. The molecule has 6 nitrogen and oxygen atoms in total. The molecule has 7 heteroatoms. The van der Waals surface area contributed by atoms with E-state index in [9.17, 15) is 9.59 Å². The second-order valence-electron chi connectivity index (χ2n) is 7.29. The lowest BCUT2D eigenvalue weighted by Gasteiger charge is -2.08. The number of nitrogens with one attached hydrogen (secondary N) is 2. The van der Waals surface area contributed by atoms with Gasteiger partial charge in [0.2, 0.25) is 5.91 Å². The van der Waals surface area contributed by atoms with Gasteiger partial charge in [0.1, 0.15) is 11.0 Å². The van der Waals surface area contributed by atoms with Gasteiger partial charge in [-0.1, -0.05) is 55.4 Å². The number of hydrogen-bond donors (Lipinski definition) is 2. The van der Waals surface area contributed by atoms with Crippen molar-refractivity contribution >= 4 is 45.3 Å². The number of unbranched alkanes of at least 4 members (excludes halogenated alkanes) is 1. The SMILES string of the molecule is CCCCc1ccc(NC(=O)CSc2nc3c([nH]c4ccccc43)c(=O)n2C)cc1. The summed E-state index contributed by atoms with van der Waals surface area (Å²) in [6.45, 7) is 2.17. The molecule has 2 N–H and O–H groups in total. The Hall–Kier alpha value is -3.06. The molecule has 0 aliphatic heterocycles. The number of rotatable bonds is 7. The van der Waals surface area contributed by atoms with Crippen molar-refractivity contribution in [2.24, 2.45) is 7.05 Å². The van der Waals surface area contributed by atoms with Gasteiger partial charge in [-0.3, -0.25) is 14.2 Å². The molecule has 30 heavy (non-hydrogen) atoms. The first-order valence-corrected chi connectivity index (χ1v) is 11.0. The summed E-state index contributed by atoms with van der Waals surface area (Å²) in [4.78, 5) is 33.0. The first-order valence-electron chi connectivity index (χ1n) is 10.1. The number of fused-ring (bicyclic) bond motifs is 3. The normalized spacial score (nSPS) is 11.3. The Kier molecular flexibility index (Phi) is 5.90. The minimum Gasteiger partial charge on any atom is -0.349 e. The van der Waals surface area contributed by atoms with E-state index in [-0.39, 0.29) is 17.2 Å². The maximum Gasteiger partial charge on any atom is 0.278 e. The first kappa shape index (κ1) is 20.2. The van der Waals surface area contributed by atoms with Crippen LogP contribution in [0.1, 0.15) is 25.3 Å². The van der Waals surface area contributed by atoms with Crippen molar-refractivity contribution in [3.63, 3.8) is 0 Å². The minimum absolute atomic E-state index is 0.130. The Morgan fingerprint density at radius 3 is 2.70 bits per heavy atom. The average molecular weight is 421 g/mol. The van der Waals surface area contributed by atoms with E-state index in [0.29, 0.717) is 16.2 Å². The van der Waals surface area contributed by atoms with Crippen LogP contribution >= 0.6 is 11.8 Å². The number of nitrogens with zero attached hydrogens (tertiary/aromatic N) is 2. The van der Waals surface area contributed by atoms with E-state index in [0.717, 1.165) is 35.9 Å². The lowest BCUT2D eigenvalue weighted by Crippen LogP contribution is -2.21.